The molecule has 0 amide bonds. The summed E-state index contributed by atoms with van der Waals surface area (Å²) in [7, 11) is 0. The van der Waals surface area contributed by atoms with Crippen molar-refractivity contribution < 1.29 is 5.11 Å². The van der Waals surface area contributed by atoms with E-state index < -0.39 is 0 Å². The Morgan fingerprint density at radius 1 is 1.80 bits per heavy atom. The Morgan fingerprint density at radius 3 is 1.80 bits per heavy atom. The van der Waals surface area contributed by atoms with Gasteiger partial charge in [-0.25, -0.2) is 0 Å². The quantitative estimate of drug-likeness (QED) is 0.275. The van der Waals surface area contributed by atoms with Crippen molar-refractivity contribution >= 4 is 18.9 Å². The first-order valence-corrected chi connectivity index (χ1v) is 1.06. The topological polar surface area (TPSA) is 23.1 Å². The fraction of sp³-hybridized carbons (Fsp3) is 0.333. The van der Waals surface area contributed by atoms with Crippen LogP contribution in [0.4, 0.5) is 0 Å². The number of hydrogen-bond acceptors (Lipinski definition) is 1. The molecule has 0 aliphatic rings. The van der Waals surface area contributed by atoms with Gasteiger partial charge in [-0.15, -0.1) is 12.3 Å². The molecule has 0 heterocycles. The molecule has 0 bridgehead atoms. The van der Waals surface area contributed by atoms with Gasteiger partial charge in [-0.2, -0.15) is 0 Å². The minimum Gasteiger partial charge on any atom is -1.00 e. The summed E-state index contributed by atoms with van der Waals surface area (Å²) in [5.74, 6) is -0.0833. The van der Waals surface area contributed by atoms with Crippen molar-refractivity contribution in [1.82, 2.24) is 0 Å². The van der Waals surface area contributed by atoms with Crippen LogP contribution in [0, 0.1) is 0 Å². The summed E-state index contributed by atoms with van der Waals surface area (Å²) in [5.41, 5.74) is 0. The average Bonchev–Trinajstić information content (AvgIpc) is 0.811. The van der Waals surface area contributed by atoms with Gasteiger partial charge < -0.3 is 24.0 Å². The van der Waals surface area contributed by atoms with Gasteiger partial charge in [0, 0.05) is 0 Å². The van der Waals surface area contributed by atoms with Crippen LogP contribution in [0.2, 0.25) is 0 Å². The van der Waals surface area contributed by atoms with Gasteiger partial charge >= 0.3 is 0 Å². The summed E-state index contributed by atoms with van der Waals surface area (Å²) in [4.78, 5) is 0. The summed E-state index contributed by atoms with van der Waals surface area (Å²) in [6.45, 7) is 4.42. The molecule has 0 spiro atoms. The van der Waals surface area contributed by atoms with Crippen LogP contribution in [0.15, 0.2) is 12.3 Å². The maximum Gasteiger partial charge on any atom is -0.0549 e. The molecule has 0 rings (SSSR count). The van der Waals surface area contributed by atoms with Gasteiger partial charge in [0.05, 0.1) is 0 Å². The molecule has 0 aliphatic heterocycles. The minimum atomic E-state index is -0.0833. The van der Waals surface area contributed by atoms with E-state index in [-0.39, 0.29) is 24.6 Å². The standard InChI is InChI=1S/C3H6O.Li/c1-3(2)4;/h4H,1H2,2H3;/q;-1/p-1. The molecule has 5 heavy (non-hydrogen) atoms. The van der Waals surface area contributed by atoms with Gasteiger partial charge in [-0.3, -0.25) is 0 Å². The van der Waals surface area contributed by atoms with Crippen molar-refractivity contribution in [3.63, 3.8) is 0 Å². The molecule has 0 atom stereocenters. The van der Waals surface area contributed by atoms with Crippen molar-refractivity contribution in [2.45, 2.75) is 6.92 Å². The molecular weight excluding hydrogens is 59.0 g/mol. The molecule has 0 saturated heterocycles. The fourth-order valence-electron chi connectivity index (χ4n) is 0. The summed E-state index contributed by atoms with van der Waals surface area (Å²) in [6.07, 6.45) is 0. The third kappa shape index (κ3) is 1000. The Kier molecular flexibility index (Phi) is 7.39. The van der Waals surface area contributed by atoms with Crippen LogP contribution in [0.5, 0.6) is 0 Å². The monoisotopic (exact) mass is 64.1 g/mol. The summed E-state index contributed by atoms with van der Waals surface area (Å²) >= 11 is 0. The Morgan fingerprint density at radius 2 is 1.80 bits per heavy atom. The molecule has 2 radical (unpaired) electrons. The maximum atomic E-state index is 9.33. The van der Waals surface area contributed by atoms with E-state index in [0.29, 0.717) is 0 Å². The van der Waals surface area contributed by atoms with Crippen LogP contribution in [0.1, 0.15) is 6.92 Å². The van der Waals surface area contributed by atoms with E-state index in [1.165, 1.54) is 6.92 Å². The van der Waals surface area contributed by atoms with E-state index in [1.54, 1.807) is 0 Å². The molecule has 0 unspecified atom stereocenters. The molecule has 26 valence electrons. The van der Waals surface area contributed by atoms with Crippen LogP contribution < -0.4 is 5.11 Å². The molecule has 0 N–H and O–H groups in total. The zero-order chi connectivity index (χ0) is 3.58. The second-order valence-electron chi connectivity index (χ2n) is 0.702. The van der Waals surface area contributed by atoms with E-state index in [4.69, 9.17) is 0 Å². The Bertz CT molecular complexity index is 29.9. The molecule has 0 aromatic carbocycles. The second kappa shape index (κ2) is 4.14. The van der Waals surface area contributed by atoms with E-state index in [9.17, 15) is 5.11 Å². The zero-order valence-electron chi connectivity index (χ0n) is 3.62. The SMILES string of the molecule is C=C(C)[O-].[Li-]. The van der Waals surface area contributed by atoms with Gasteiger partial charge in [0.2, 0.25) is 0 Å². The third-order valence-electron chi connectivity index (χ3n) is 0. The fourth-order valence-corrected chi connectivity index (χ4v) is 0. The predicted octanol–water partition coefficient (Wildman–Crippen LogP) is -0.501. The summed E-state index contributed by atoms with van der Waals surface area (Å²) < 4.78 is 0. The normalized spacial score (nSPS) is 5.00. The minimum absolute atomic E-state index is 0. The zero-order valence-corrected chi connectivity index (χ0v) is 3.62. The van der Waals surface area contributed by atoms with Crippen LogP contribution in [-0.2, 0) is 0 Å². The second-order valence-corrected chi connectivity index (χ2v) is 0.702. The van der Waals surface area contributed by atoms with E-state index in [2.05, 4.69) is 6.58 Å². The van der Waals surface area contributed by atoms with Crippen molar-refractivity contribution in [2.24, 2.45) is 0 Å². The number of allylic oxidation sites excluding steroid dienone is 1. The van der Waals surface area contributed by atoms with Crippen molar-refractivity contribution in [1.29, 1.82) is 0 Å². The first-order valence-electron chi connectivity index (χ1n) is 1.06. The van der Waals surface area contributed by atoms with Crippen molar-refractivity contribution in [3.05, 3.63) is 12.3 Å². The molecule has 0 saturated carbocycles. The summed E-state index contributed by atoms with van der Waals surface area (Å²) in [5, 5.41) is 9.33. The van der Waals surface area contributed by atoms with E-state index in [0.717, 1.165) is 0 Å². The van der Waals surface area contributed by atoms with Crippen LogP contribution in [-0.4, -0.2) is 18.9 Å². The molecule has 2 heteroatoms. The molecule has 0 aromatic rings. The average molecular weight is 64.0 g/mol. The smallest absolute Gasteiger partial charge is 0.0549 e. The Labute approximate surface area is 43.9 Å². The van der Waals surface area contributed by atoms with Gasteiger partial charge in [-0.1, -0.05) is 6.92 Å². The van der Waals surface area contributed by atoms with Crippen LogP contribution in [0.3, 0.4) is 0 Å². The number of rotatable bonds is 0. The summed E-state index contributed by atoms with van der Waals surface area (Å²) in [6, 6.07) is 0. The molecule has 0 aliphatic carbocycles. The molecule has 0 fully saturated rings. The van der Waals surface area contributed by atoms with Gasteiger partial charge in [0.15, 0.2) is 0 Å². The van der Waals surface area contributed by atoms with Crippen LogP contribution in [0.25, 0.3) is 0 Å². The van der Waals surface area contributed by atoms with Gasteiger partial charge in [-0.05, 0) is 0 Å². The maximum absolute atomic E-state index is 9.33. The van der Waals surface area contributed by atoms with Crippen LogP contribution >= 0.6 is 0 Å². The van der Waals surface area contributed by atoms with E-state index in [1.807, 2.05) is 0 Å². The first-order chi connectivity index (χ1) is 1.73. The first kappa shape index (κ1) is 8.93. The Balaban J connectivity index is 0. The third-order valence-corrected chi connectivity index (χ3v) is 0. The van der Waals surface area contributed by atoms with Crippen molar-refractivity contribution in [3.8, 4) is 0 Å². The number of hydrogen-bond donors (Lipinski definition) is 0. The predicted molar refractivity (Wildman–Crippen MR) is 20.6 cm³/mol. The molecule has 1 nitrogen and oxygen atoms in total. The molecular formula is C3H5LiO-2. The van der Waals surface area contributed by atoms with Crippen molar-refractivity contribution in [2.75, 3.05) is 0 Å². The largest absolute Gasteiger partial charge is 1.00 e. The Hall–Kier alpha value is 0.137. The van der Waals surface area contributed by atoms with Gasteiger partial charge in [0.1, 0.15) is 0 Å². The van der Waals surface area contributed by atoms with E-state index >= 15 is 0 Å². The molecule has 0 aromatic heterocycles. The van der Waals surface area contributed by atoms with Gasteiger partial charge in [0.25, 0.3) is 0 Å².